The third-order valence-electron chi connectivity index (χ3n) is 5.22. The van der Waals surface area contributed by atoms with Crippen LogP contribution in [-0.2, 0) is 20.9 Å². The lowest BCUT2D eigenvalue weighted by Gasteiger charge is -2.32. The van der Waals surface area contributed by atoms with E-state index in [1.807, 2.05) is 23.1 Å². The molecule has 1 unspecified atom stereocenters. The fourth-order valence-electron chi connectivity index (χ4n) is 3.71. The quantitative estimate of drug-likeness (QED) is 0.746. The molecule has 0 radical (unpaired) electrons. The number of hydrogen-bond acceptors (Lipinski definition) is 4. The Labute approximate surface area is 163 Å². The molecular weight excluding hydrogens is 368 g/mol. The molecule has 1 aromatic rings. The molecule has 146 valence electrons. The van der Waals surface area contributed by atoms with Crippen LogP contribution in [0.5, 0.6) is 0 Å². The first-order valence-corrected chi connectivity index (χ1v) is 9.62. The minimum Gasteiger partial charge on any atom is -0.369 e. The Bertz CT molecular complexity index is 719. The van der Waals surface area contributed by atoms with Gasteiger partial charge in [0.05, 0.1) is 12.5 Å². The van der Waals surface area contributed by atoms with Gasteiger partial charge in [-0.15, -0.1) is 0 Å². The predicted molar refractivity (Wildman–Crippen MR) is 102 cm³/mol. The molecule has 0 saturated carbocycles. The molecule has 3 amide bonds. The van der Waals surface area contributed by atoms with Crippen LogP contribution in [0.4, 0.5) is 0 Å². The standard InChI is InChI=1S/C19H25ClN4O3/c20-16-4-2-1-3-13(16)10-24-11-14(9-18(24)26)19(27)22-15-5-7-23(8-6-15)12-17(21)25/h1-4,14-15H,5-12H2,(H2,21,25)(H,22,27). The Balaban J connectivity index is 1.48. The van der Waals surface area contributed by atoms with Crippen molar-refractivity contribution in [1.29, 1.82) is 0 Å². The molecule has 2 saturated heterocycles. The Morgan fingerprint density at radius 1 is 1.22 bits per heavy atom. The Hall–Kier alpha value is -2.12. The normalized spacial score (nSPS) is 21.4. The zero-order chi connectivity index (χ0) is 19.4. The third kappa shape index (κ3) is 5.20. The molecule has 1 atom stereocenters. The Morgan fingerprint density at radius 2 is 1.93 bits per heavy atom. The molecule has 2 aliphatic rings. The van der Waals surface area contributed by atoms with Crippen LogP contribution in [0.25, 0.3) is 0 Å². The summed E-state index contributed by atoms with van der Waals surface area (Å²) in [5.74, 6) is -0.756. The zero-order valence-electron chi connectivity index (χ0n) is 15.2. The molecule has 2 heterocycles. The second kappa shape index (κ2) is 8.71. The summed E-state index contributed by atoms with van der Waals surface area (Å²) in [6, 6.07) is 7.50. The van der Waals surface area contributed by atoms with Crippen molar-refractivity contribution in [3.8, 4) is 0 Å². The number of benzene rings is 1. The van der Waals surface area contributed by atoms with Crippen molar-refractivity contribution in [2.75, 3.05) is 26.2 Å². The maximum absolute atomic E-state index is 12.6. The van der Waals surface area contributed by atoms with Crippen LogP contribution < -0.4 is 11.1 Å². The summed E-state index contributed by atoms with van der Waals surface area (Å²) in [7, 11) is 0. The number of amides is 3. The minimum absolute atomic E-state index is 0.0219. The molecular formula is C19H25ClN4O3. The first-order chi connectivity index (χ1) is 12.9. The first kappa shape index (κ1) is 19.6. The smallest absolute Gasteiger partial charge is 0.231 e. The van der Waals surface area contributed by atoms with E-state index in [0.717, 1.165) is 31.5 Å². The Kier molecular flexibility index (Phi) is 6.34. The van der Waals surface area contributed by atoms with Crippen molar-refractivity contribution in [2.24, 2.45) is 11.7 Å². The van der Waals surface area contributed by atoms with Crippen LogP contribution >= 0.6 is 11.6 Å². The summed E-state index contributed by atoms with van der Waals surface area (Å²) in [5, 5.41) is 3.69. The summed E-state index contributed by atoms with van der Waals surface area (Å²) < 4.78 is 0. The first-order valence-electron chi connectivity index (χ1n) is 9.24. The van der Waals surface area contributed by atoms with Crippen molar-refractivity contribution in [2.45, 2.75) is 31.8 Å². The molecule has 2 aliphatic heterocycles. The number of nitrogens with zero attached hydrogens (tertiary/aromatic N) is 2. The van der Waals surface area contributed by atoms with Gasteiger partial charge in [0.15, 0.2) is 0 Å². The number of likely N-dealkylation sites (tertiary alicyclic amines) is 2. The number of nitrogens with two attached hydrogens (primary N) is 1. The van der Waals surface area contributed by atoms with Crippen molar-refractivity contribution < 1.29 is 14.4 Å². The van der Waals surface area contributed by atoms with E-state index in [0.29, 0.717) is 18.1 Å². The lowest BCUT2D eigenvalue weighted by atomic mass is 10.0. The topological polar surface area (TPSA) is 95.7 Å². The van der Waals surface area contributed by atoms with Gasteiger partial charge in [0, 0.05) is 43.7 Å². The van der Waals surface area contributed by atoms with E-state index < -0.39 is 0 Å². The molecule has 0 bridgehead atoms. The van der Waals surface area contributed by atoms with E-state index in [-0.39, 0.29) is 42.6 Å². The highest BCUT2D eigenvalue weighted by Crippen LogP contribution is 2.24. The predicted octanol–water partition coefficient (Wildman–Crippen LogP) is 0.754. The summed E-state index contributed by atoms with van der Waals surface area (Å²) in [6.45, 7) is 2.56. The number of carbonyl (C=O) groups excluding carboxylic acids is 3. The highest BCUT2D eigenvalue weighted by Gasteiger charge is 2.35. The van der Waals surface area contributed by atoms with Gasteiger partial charge < -0.3 is 16.0 Å². The van der Waals surface area contributed by atoms with Gasteiger partial charge in [-0.2, -0.15) is 0 Å². The molecule has 1 aromatic carbocycles. The number of primary amides is 1. The number of piperidine rings is 1. The average Bonchev–Trinajstić information content (AvgIpc) is 2.99. The minimum atomic E-state index is -0.333. The van der Waals surface area contributed by atoms with Gasteiger partial charge in [0.25, 0.3) is 0 Å². The van der Waals surface area contributed by atoms with E-state index in [2.05, 4.69) is 5.32 Å². The van der Waals surface area contributed by atoms with E-state index in [1.165, 1.54) is 0 Å². The fraction of sp³-hybridized carbons (Fsp3) is 0.526. The van der Waals surface area contributed by atoms with Gasteiger partial charge in [-0.3, -0.25) is 19.3 Å². The maximum atomic E-state index is 12.6. The monoisotopic (exact) mass is 392 g/mol. The summed E-state index contributed by atoms with van der Waals surface area (Å²) >= 11 is 6.17. The number of rotatable bonds is 6. The van der Waals surface area contributed by atoms with Crippen LogP contribution in [0.3, 0.4) is 0 Å². The van der Waals surface area contributed by atoms with Crippen molar-refractivity contribution in [3.05, 3.63) is 34.9 Å². The maximum Gasteiger partial charge on any atom is 0.231 e. The van der Waals surface area contributed by atoms with Crippen LogP contribution in [0.1, 0.15) is 24.8 Å². The van der Waals surface area contributed by atoms with Gasteiger partial charge in [0.2, 0.25) is 17.7 Å². The lowest BCUT2D eigenvalue weighted by Crippen LogP contribution is -2.48. The average molecular weight is 393 g/mol. The molecule has 7 nitrogen and oxygen atoms in total. The second-order valence-electron chi connectivity index (χ2n) is 7.29. The fourth-order valence-corrected chi connectivity index (χ4v) is 3.90. The van der Waals surface area contributed by atoms with E-state index in [4.69, 9.17) is 17.3 Å². The van der Waals surface area contributed by atoms with Crippen molar-refractivity contribution in [1.82, 2.24) is 15.1 Å². The molecule has 0 aliphatic carbocycles. The van der Waals surface area contributed by atoms with E-state index in [9.17, 15) is 14.4 Å². The highest BCUT2D eigenvalue weighted by molar-refractivity contribution is 6.31. The number of carbonyl (C=O) groups is 3. The van der Waals surface area contributed by atoms with Crippen molar-refractivity contribution >= 4 is 29.3 Å². The summed E-state index contributed by atoms with van der Waals surface area (Å²) in [6.07, 6.45) is 1.79. The van der Waals surface area contributed by atoms with Crippen LogP contribution in [0.15, 0.2) is 24.3 Å². The lowest BCUT2D eigenvalue weighted by molar-refractivity contribution is -0.129. The molecule has 0 aromatic heterocycles. The number of nitrogens with one attached hydrogen (secondary N) is 1. The molecule has 3 N–H and O–H groups in total. The number of hydrogen-bond donors (Lipinski definition) is 2. The van der Waals surface area contributed by atoms with Gasteiger partial charge >= 0.3 is 0 Å². The SMILES string of the molecule is NC(=O)CN1CCC(NC(=O)C2CC(=O)N(Cc3ccccc3Cl)C2)CC1. The van der Waals surface area contributed by atoms with Crippen LogP contribution in [0, 0.1) is 5.92 Å². The largest absolute Gasteiger partial charge is 0.369 e. The zero-order valence-corrected chi connectivity index (χ0v) is 16.0. The van der Waals surface area contributed by atoms with Crippen LogP contribution in [0.2, 0.25) is 5.02 Å². The summed E-state index contributed by atoms with van der Waals surface area (Å²) in [5.41, 5.74) is 6.10. The van der Waals surface area contributed by atoms with E-state index in [1.54, 1.807) is 11.0 Å². The van der Waals surface area contributed by atoms with Crippen molar-refractivity contribution in [3.63, 3.8) is 0 Å². The van der Waals surface area contributed by atoms with Gasteiger partial charge in [0.1, 0.15) is 0 Å². The van der Waals surface area contributed by atoms with Gasteiger partial charge in [-0.25, -0.2) is 0 Å². The number of halogens is 1. The molecule has 27 heavy (non-hydrogen) atoms. The molecule has 2 fully saturated rings. The molecule has 3 rings (SSSR count). The van der Waals surface area contributed by atoms with Gasteiger partial charge in [-0.1, -0.05) is 29.8 Å². The van der Waals surface area contributed by atoms with E-state index >= 15 is 0 Å². The third-order valence-corrected chi connectivity index (χ3v) is 5.59. The summed E-state index contributed by atoms with van der Waals surface area (Å²) in [4.78, 5) is 39.5. The molecule has 8 heteroatoms. The highest BCUT2D eigenvalue weighted by atomic mass is 35.5. The second-order valence-corrected chi connectivity index (χ2v) is 7.70. The molecule has 0 spiro atoms. The van der Waals surface area contributed by atoms with Gasteiger partial charge in [-0.05, 0) is 24.5 Å². The Morgan fingerprint density at radius 3 is 2.59 bits per heavy atom. The van der Waals surface area contributed by atoms with Crippen LogP contribution in [-0.4, -0.2) is 59.7 Å².